The van der Waals surface area contributed by atoms with Crippen LogP contribution >= 0.6 is 0 Å². The first-order valence-corrected chi connectivity index (χ1v) is 9.95. The Morgan fingerprint density at radius 2 is 1.21 bits per heavy atom. The van der Waals surface area contributed by atoms with Crippen molar-refractivity contribution in [1.82, 2.24) is 0 Å². The standard InChI is InChI=1S/C25H35NO2/c1-23(2,3)17-25(7,8)20-13-9-18(10-14-20)19-11-15-21(16-12-19)26(22(27)28)24(4,5)6/h9-16H,17H2,1-8H3,(H,27,28). The molecule has 28 heavy (non-hydrogen) atoms. The highest BCUT2D eigenvalue weighted by atomic mass is 16.4. The smallest absolute Gasteiger partial charge is 0.412 e. The quantitative estimate of drug-likeness (QED) is 0.601. The van der Waals surface area contributed by atoms with Gasteiger partial charge in [0.05, 0.1) is 0 Å². The number of amides is 1. The third-order valence-electron chi connectivity index (χ3n) is 4.96. The van der Waals surface area contributed by atoms with Crippen molar-refractivity contribution in [3.63, 3.8) is 0 Å². The molecule has 1 amide bonds. The summed E-state index contributed by atoms with van der Waals surface area (Å²) in [6.45, 7) is 17.1. The van der Waals surface area contributed by atoms with Crippen molar-refractivity contribution in [2.24, 2.45) is 5.41 Å². The predicted octanol–water partition coefficient (Wildman–Crippen LogP) is 7.35. The summed E-state index contributed by atoms with van der Waals surface area (Å²) >= 11 is 0. The van der Waals surface area contributed by atoms with E-state index >= 15 is 0 Å². The van der Waals surface area contributed by atoms with Crippen LogP contribution in [0.5, 0.6) is 0 Å². The van der Waals surface area contributed by atoms with Gasteiger partial charge in [-0.2, -0.15) is 0 Å². The zero-order valence-corrected chi connectivity index (χ0v) is 18.6. The molecule has 0 heterocycles. The Balaban J connectivity index is 2.26. The van der Waals surface area contributed by atoms with Gasteiger partial charge in [-0.1, -0.05) is 71.0 Å². The van der Waals surface area contributed by atoms with Gasteiger partial charge >= 0.3 is 6.09 Å². The summed E-state index contributed by atoms with van der Waals surface area (Å²) < 4.78 is 0. The Morgan fingerprint density at radius 1 is 0.786 bits per heavy atom. The summed E-state index contributed by atoms with van der Waals surface area (Å²) in [5.74, 6) is 0. The van der Waals surface area contributed by atoms with Crippen LogP contribution in [0.25, 0.3) is 11.1 Å². The summed E-state index contributed by atoms with van der Waals surface area (Å²) in [6.07, 6.45) is 0.178. The van der Waals surface area contributed by atoms with E-state index in [9.17, 15) is 9.90 Å². The molecule has 152 valence electrons. The number of hydrogen-bond acceptors (Lipinski definition) is 1. The maximum atomic E-state index is 11.7. The van der Waals surface area contributed by atoms with E-state index in [-0.39, 0.29) is 10.8 Å². The number of rotatable bonds is 4. The molecular weight excluding hydrogens is 346 g/mol. The first-order chi connectivity index (χ1) is 12.7. The number of carboxylic acid groups (broad SMARTS) is 1. The Bertz CT molecular complexity index is 804. The molecule has 0 aromatic heterocycles. The lowest BCUT2D eigenvalue weighted by atomic mass is 9.72. The van der Waals surface area contributed by atoms with Crippen molar-refractivity contribution < 1.29 is 9.90 Å². The van der Waals surface area contributed by atoms with E-state index in [4.69, 9.17) is 0 Å². The number of hydrogen-bond donors (Lipinski definition) is 1. The second-order valence-electron chi connectivity index (χ2n) is 10.5. The Kier molecular flexibility index (Phi) is 5.98. The topological polar surface area (TPSA) is 40.5 Å². The van der Waals surface area contributed by atoms with E-state index in [1.54, 1.807) is 0 Å². The molecule has 0 unspecified atom stereocenters. The molecule has 0 bridgehead atoms. The SMILES string of the molecule is CC(C)(C)CC(C)(C)c1ccc(-c2ccc(N(C(=O)O)C(C)(C)C)cc2)cc1. The lowest BCUT2D eigenvalue weighted by Gasteiger charge is -2.33. The maximum absolute atomic E-state index is 11.7. The number of benzene rings is 2. The largest absolute Gasteiger partial charge is 0.465 e. The fourth-order valence-corrected chi connectivity index (χ4v) is 4.13. The first kappa shape index (κ1) is 22.0. The van der Waals surface area contributed by atoms with Crippen LogP contribution in [0.15, 0.2) is 48.5 Å². The molecule has 0 aliphatic carbocycles. The lowest BCUT2D eigenvalue weighted by molar-refractivity contribution is 0.195. The third-order valence-corrected chi connectivity index (χ3v) is 4.96. The molecule has 0 aliphatic rings. The first-order valence-electron chi connectivity index (χ1n) is 9.95. The average Bonchev–Trinajstić information content (AvgIpc) is 2.52. The van der Waals surface area contributed by atoms with Gasteiger partial charge in [0, 0.05) is 11.2 Å². The highest BCUT2D eigenvalue weighted by Gasteiger charge is 2.28. The van der Waals surface area contributed by atoms with E-state index in [0.29, 0.717) is 5.69 Å². The molecule has 2 aromatic rings. The van der Waals surface area contributed by atoms with Gasteiger partial charge in [0.1, 0.15) is 0 Å². The van der Waals surface area contributed by atoms with Crippen molar-refractivity contribution >= 4 is 11.8 Å². The molecule has 0 fully saturated rings. The molecule has 0 aliphatic heterocycles. The van der Waals surface area contributed by atoms with Gasteiger partial charge in [0.15, 0.2) is 0 Å². The average molecular weight is 382 g/mol. The van der Waals surface area contributed by atoms with Gasteiger partial charge in [0.2, 0.25) is 0 Å². The number of anilines is 1. The zero-order chi connectivity index (χ0) is 21.3. The molecule has 1 N–H and O–H groups in total. The molecule has 0 spiro atoms. The number of nitrogens with zero attached hydrogens (tertiary/aromatic N) is 1. The fourth-order valence-electron chi connectivity index (χ4n) is 4.13. The van der Waals surface area contributed by atoms with Gasteiger partial charge in [0.25, 0.3) is 0 Å². The normalized spacial score (nSPS) is 12.7. The van der Waals surface area contributed by atoms with Crippen molar-refractivity contribution in [2.75, 3.05) is 4.90 Å². The lowest BCUT2D eigenvalue weighted by Crippen LogP contribution is -2.45. The summed E-state index contributed by atoms with van der Waals surface area (Å²) in [7, 11) is 0. The third kappa shape index (κ3) is 5.37. The van der Waals surface area contributed by atoms with Crippen molar-refractivity contribution in [2.45, 2.75) is 72.8 Å². The number of carbonyl (C=O) groups is 1. The Hall–Kier alpha value is -2.29. The van der Waals surface area contributed by atoms with Crippen LogP contribution in [-0.2, 0) is 5.41 Å². The minimum Gasteiger partial charge on any atom is -0.465 e. The second kappa shape index (κ2) is 7.62. The van der Waals surface area contributed by atoms with Crippen molar-refractivity contribution in [3.05, 3.63) is 54.1 Å². The molecule has 2 rings (SSSR count). The van der Waals surface area contributed by atoms with Gasteiger partial charge in [-0.05, 0) is 66.8 Å². The molecule has 2 aromatic carbocycles. The van der Waals surface area contributed by atoms with E-state index in [0.717, 1.165) is 17.5 Å². The van der Waals surface area contributed by atoms with Gasteiger partial charge in [-0.15, -0.1) is 0 Å². The second-order valence-corrected chi connectivity index (χ2v) is 10.5. The van der Waals surface area contributed by atoms with Crippen LogP contribution < -0.4 is 4.90 Å². The Labute approximate surface area is 170 Å². The summed E-state index contributed by atoms with van der Waals surface area (Å²) in [6, 6.07) is 16.5. The minimum atomic E-state index is -0.939. The van der Waals surface area contributed by atoms with Crippen LogP contribution in [0.1, 0.15) is 67.4 Å². The maximum Gasteiger partial charge on any atom is 0.412 e. The van der Waals surface area contributed by atoms with Gasteiger partial charge in [-0.3, -0.25) is 4.90 Å². The molecule has 3 nitrogen and oxygen atoms in total. The molecule has 0 atom stereocenters. The van der Waals surface area contributed by atoms with E-state index < -0.39 is 11.6 Å². The molecule has 0 radical (unpaired) electrons. The monoisotopic (exact) mass is 381 g/mol. The fraction of sp³-hybridized carbons (Fsp3) is 0.480. The summed E-state index contributed by atoms with van der Waals surface area (Å²) in [5.41, 5.74) is 4.16. The highest BCUT2D eigenvalue weighted by Crippen LogP contribution is 2.37. The van der Waals surface area contributed by atoms with Gasteiger partial charge in [-0.25, -0.2) is 4.79 Å². The van der Waals surface area contributed by atoms with Crippen molar-refractivity contribution in [1.29, 1.82) is 0 Å². The van der Waals surface area contributed by atoms with Crippen LogP contribution in [0.4, 0.5) is 10.5 Å². The highest BCUT2D eigenvalue weighted by molar-refractivity contribution is 5.88. The zero-order valence-electron chi connectivity index (χ0n) is 18.6. The Morgan fingerprint density at radius 3 is 1.57 bits per heavy atom. The van der Waals surface area contributed by atoms with E-state index in [2.05, 4.69) is 58.9 Å². The van der Waals surface area contributed by atoms with Crippen LogP contribution in [0, 0.1) is 5.41 Å². The molecule has 3 heteroatoms. The molecular formula is C25H35NO2. The molecule has 0 saturated heterocycles. The van der Waals surface area contributed by atoms with Gasteiger partial charge < -0.3 is 5.11 Å². The van der Waals surface area contributed by atoms with Crippen molar-refractivity contribution in [3.8, 4) is 11.1 Å². The summed E-state index contributed by atoms with van der Waals surface area (Å²) in [5, 5.41) is 9.56. The minimum absolute atomic E-state index is 0.120. The van der Waals surface area contributed by atoms with E-state index in [1.807, 2.05) is 45.0 Å². The van der Waals surface area contributed by atoms with Crippen LogP contribution in [-0.4, -0.2) is 16.7 Å². The van der Waals surface area contributed by atoms with Crippen LogP contribution in [0.3, 0.4) is 0 Å². The predicted molar refractivity (Wildman–Crippen MR) is 119 cm³/mol. The summed E-state index contributed by atoms with van der Waals surface area (Å²) in [4.78, 5) is 13.1. The van der Waals surface area contributed by atoms with E-state index in [1.165, 1.54) is 10.5 Å². The van der Waals surface area contributed by atoms with Crippen LogP contribution in [0.2, 0.25) is 0 Å². The molecule has 0 saturated carbocycles.